The fraction of sp³-hybridized carbons (Fsp3) is 0.381. The number of para-hydroxylation sites is 1. The number of methoxy groups -OCH3 is 1. The number of phenolic OH excluding ortho intramolecular Hbond substituents is 1. The van der Waals surface area contributed by atoms with Gasteiger partial charge in [0.1, 0.15) is 5.82 Å². The maximum Gasteiger partial charge on any atom is 0.259 e. The molecule has 1 N–H and O–H groups in total. The number of nitrogens with zero attached hydrogens (tertiary/aromatic N) is 2. The molecule has 2 aliphatic rings. The van der Waals surface area contributed by atoms with Crippen LogP contribution < -0.4 is 4.90 Å². The highest BCUT2D eigenvalue weighted by atomic mass is 19.1. The molecule has 7 heteroatoms. The van der Waals surface area contributed by atoms with E-state index in [0.29, 0.717) is 43.7 Å². The molecule has 148 valence electrons. The molecule has 2 heterocycles. The molecule has 1 atom stereocenters. The highest BCUT2D eigenvalue weighted by Crippen LogP contribution is 2.46. The van der Waals surface area contributed by atoms with Crippen LogP contribution in [-0.2, 0) is 16.1 Å². The predicted octanol–water partition coefficient (Wildman–Crippen LogP) is 3.07. The third kappa shape index (κ3) is 2.95. The summed E-state index contributed by atoms with van der Waals surface area (Å²) in [6.45, 7) is 1.72. The van der Waals surface area contributed by atoms with Crippen molar-refractivity contribution < 1.29 is 23.4 Å². The van der Waals surface area contributed by atoms with E-state index >= 15 is 0 Å². The maximum absolute atomic E-state index is 13.7. The van der Waals surface area contributed by atoms with Crippen LogP contribution in [0.4, 0.5) is 14.5 Å². The topological polar surface area (TPSA) is 53.0 Å². The van der Waals surface area contributed by atoms with Gasteiger partial charge in [-0.2, -0.15) is 0 Å². The van der Waals surface area contributed by atoms with Crippen molar-refractivity contribution in [3.05, 3.63) is 59.7 Å². The average molecular weight is 388 g/mol. The Balaban J connectivity index is 1.52. The SMILES string of the molecule is COC1C(=O)N(c2cccc(F)c2)C12CCN(Cc1cccc(F)c1O)CC2. The molecule has 0 bridgehead atoms. The first kappa shape index (κ1) is 18.8. The summed E-state index contributed by atoms with van der Waals surface area (Å²) in [6.07, 6.45) is 0.730. The van der Waals surface area contributed by atoms with Gasteiger partial charge in [-0.25, -0.2) is 8.78 Å². The molecular formula is C21H22F2N2O3. The molecule has 2 saturated heterocycles. The standard InChI is InChI=1S/C21H22F2N2O3/c1-28-19-20(27)25(16-6-3-5-15(22)12-16)21(19)8-10-24(11-9-21)13-14-4-2-7-17(23)18(14)26/h2-7,12,19,26H,8-11,13H2,1H3. The van der Waals surface area contributed by atoms with E-state index in [1.165, 1.54) is 25.3 Å². The van der Waals surface area contributed by atoms with E-state index in [1.807, 2.05) is 0 Å². The van der Waals surface area contributed by atoms with Crippen LogP contribution in [0.25, 0.3) is 0 Å². The third-order valence-electron chi connectivity index (χ3n) is 5.87. The molecule has 2 aromatic carbocycles. The van der Waals surface area contributed by atoms with Crippen LogP contribution >= 0.6 is 0 Å². The van der Waals surface area contributed by atoms with Crippen LogP contribution in [0.5, 0.6) is 5.75 Å². The van der Waals surface area contributed by atoms with Gasteiger partial charge in [0.15, 0.2) is 17.7 Å². The van der Waals surface area contributed by atoms with Crippen LogP contribution in [0.1, 0.15) is 18.4 Å². The highest BCUT2D eigenvalue weighted by molar-refractivity contribution is 6.06. The second kappa shape index (κ2) is 7.14. The quantitative estimate of drug-likeness (QED) is 0.818. The van der Waals surface area contributed by atoms with Crippen molar-refractivity contribution in [3.8, 4) is 5.75 Å². The second-order valence-corrected chi connectivity index (χ2v) is 7.40. The molecular weight excluding hydrogens is 366 g/mol. The van der Waals surface area contributed by atoms with Crippen molar-refractivity contribution in [3.63, 3.8) is 0 Å². The number of benzene rings is 2. The van der Waals surface area contributed by atoms with Gasteiger partial charge in [-0.3, -0.25) is 9.69 Å². The van der Waals surface area contributed by atoms with Crippen molar-refractivity contribution in [2.75, 3.05) is 25.1 Å². The number of halogens is 2. The molecule has 0 radical (unpaired) electrons. The minimum atomic E-state index is -0.632. The number of rotatable bonds is 4. The summed E-state index contributed by atoms with van der Waals surface area (Å²) in [4.78, 5) is 16.4. The lowest BCUT2D eigenvalue weighted by Crippen LogP contribution is -2.77. The lowest BCUT2D eigenvalue weighted by Gasteiger charge is -2.59. The second-order valence-electron chi connectivity index (χ2n) is 7.40. The van der Waals surface area contributed by atoms with Gasteiger partial charge in [-0.1, -0.05) is 18.2 Å². The fourth-order valence-corrected chi connectivity index (χ4v) is 4.45. The minimum absolute atomic E-state index is 0.163. The van der Waals surface area contributed by atoms with Crippen molar-refractivity contribution in [1.29, 1.82) is 0 Å². The number of hydrogen-bond acceptors (Lipinski definition) is 4. The Bertz CT molecular complexity index is 897. The zero-order valence-electron chi connectivity index (χ0n) is 15.6. The number of piperidine rings is 1. The predicted molar refractivity (Wildman–Crippen MR) is 100.0 cm³/mol. The largest absolute Gasteiger partial charge is 0.505 e. The first-order chi connectivity index (χ1) is 13.5. The molecule has 0 aromatic heterocycles. The molecule has 28 heavy (non-hydrogen) atoms. The zero-order valence-corrected chi connectivity index (χ0v) is 15.6. The molecule has 2 fully saturated rings. The van der Waals surface area contributed by atoms with Gasteiger partial charge in [-0.15, -0.1) is 0 Å². The number of carbonyl (C=O) groups is 1. The van der Waals surface area contributed by atoms with Gasteiger partial charge in [-0.05, 0) is 37.1 Å². The molecule has 5 nitrogen and oxygen atoms in total. The first-order valence-corrected chi connectivity index (χ1v) is 9.27. The smallest absolute Gasteiger partial charge is 0.259 e. The third-order valence-corrected chi connectivity index (χ3v) is 5.87. The van der Waals surface area contributed by atoms with Crippen molar-refractivity contribution in [1.82, 2.24) is 4.90 Å². The molecule has 4 rings (SSSR count). The van der Waals surface area contributed by atoms with E-state index in [2.05, 4.69) is 4.90 Å². The number of hydrogen-bond donors (Lipinski definition) is 1. The van der Waals surface area contributed by atoms with E-state index in [1.54, 1.807) is 29.2 Å². The van der Waals surface area contributed by atoms with Crippen LogP contribution in [-0.4, -0.2) is 47.8 Å². The number of ether oxygens (including phenoxy) is 1. The lowest BCUT2D eigenvalue weighted by molar-refractivity contribution is -0.151. The molecule has 2 aliphatic heterocycles. The molecule has 2 aromatic rings. The summed E-state index contributed by atoms with van der Waals surface area (Å²) in [5.41, 5.74) is 0.556. The average Bonchev–Trinajstić information content (AvgIpc) is 2.67. The Morgan fingerprint density at radius 1 is 1.18 bits per heavy atom. The number of aromatic hydroxyl groups is 1. The van der Waals surface area contributed by atoms with Gasteiger partial charge in [0.25, 0.3) is 5.91 Å². The van der Waals surface area contributed by atoms with E-state index in [-0.39, 0.29) is 17.5 Å². The molecule has 0 aliphatic carbocycles. The van der Waals surface area contributed by atoms with Crippen LogP contribution in [0.2, 0.25) is 0 Å². The van der Waals surface area contributed by atoms with E-state index < -0.39 is 17.5 Å². The summed E-state index contributed by atoms with van der Waals surface area (Å²) < 4.78 is 32.7. The Labute approximate surface area is 162 Å². The highest BCUT2D eigenvalue weighted by Gasteiger charge is 2.61. The number of likely N-dealkylation sites (tertiary alicyclic amines) is 1. The van der Waals surface area contributed by atoms with Gasteiger partial charge in [0, 0.05) is 38.0 Å². The Morgan fingerprint density at radius 2 is 1.89 bits per heavy atom. The first-order valence-electron chi connectivity index (χ1n) is 9.27. The van der Waals surface area contributed by atoms with E-state index in [9.17, 15) is 18.7 Å². The normalized spacial score (nSPS) is 21.8. The summed E-state index contributed by atoms with van der Waals surface area (Å²) in [5.74, 6) is -1.50. The van der Waals surface area contributed by atoms with Gasteiger partial charge < -0.3 is 14.7 Å². The molecule has 1 unspecified atom stereocenters. The number of amides is 1. The Morgan fingerprint density at radius 3 is 2.57 bits per heavy atom. The Hall–Kier alpha value is -2.51. The minimum Gasteiger partial charge on any atom is -0.505 e. The van der Waals surface area contributed by atoms with E-state index in [0.717, 1.165) is 0 Å². The van der Waals surface area contributed by atoms with Crippen LogP contribution in [0, 0.1) is 11.6 Å². The van der Waals surface area contributed by atoms with E-state index in [4.69, 9.17) is 4.74 Å². The summed E-state index contributed by atoms with van der Waals surface area (Å²) >= 11 is 0. The van der Waals surface area contributed by atoms with Gasteiger partial charge >= 0.3 is 0 Å². The summed E-state index contributed by atoms with van der Waals surface area (Å²) in [7, 11) is 1.52. The summed E-state index contributed by atoms with van der Waals surface area (Å²) in [6, 6.07) is 10.5. The number of phenols is 1. The van der Waals surface area contributed by atoms with Crippen molar-refractivity contribution in [2.24, 2.45) is 0 Å². The van der Waals surface area contributed by atoms with Gasteiger partial charge in [0.05, 0.1) is 5.54 Å². The molecule has 0 saturated carbocycles. The monoisotopic (exact) mass is 388 g/mol. The van der Waals surface area contributed by atoms with Crippen molar-refractivity contribution in [2.45, 2.75) is 31.0 Å². The number of anilines is 1. The summed E-state index contributed by atoms with van der Waals surface area (Å²) in [5, 5.41) is 9.91. The number of β-lactam (4-membered cyclic amide) rings is 1. The fourth-order valence-electron chi connectivity index (χ4n) is 4.45. The maximum atomic E-state index is 13.7. The Kier molecular flexibility index (Phi) is 4.81. The molecule has 1 amide bonds. The lowest BCUT2D eigenvalue weighted by atomic mass is 9.72. The van der Waals surface area contributed by atoms with Crippen LogP contribution in [0.15, 0.2) is 42.5 Å². The number of carbonyl (C=O) groups excluding carboxylic acids is 1. The molecule has 1 spiro atoms. The zero-order chi connectivity index (χ0) is 19.9. The van der Waals surface area contributed by atoms with Gasteiger partial charge in [0.2, 0.25) is 0 Å². The van der Waals surface area contributed by atoms with Crippen LogP contribution in [0.3, 0.4) is 0 Å². The van der Waals surface area contributed by atoms with Crippen molar-refractivity contribution >= 4 is 11.6 Å².